The monoisotopic (exact) mass is 230 g/mol. The maximum atomic E-state index is 11.8. The number of carboxylic acids is 1. The smallest absolute Gasteiger partial charge is 0.334 e. The van der Waals surface area contributed by atoms with Crippen LogP contribution in [0.1, 0.15) is 26.2 Å². The van der Waals surface area contributed by atoms with Crippen molar-refractivity contribution in [1.82, 2.24) is 10.6 Å². The van der Waals surface area contributed by atoms with Crippen LogP contribution in [0.5, 0.6) is 0 Å². The second-order valence-electron chi connectivity index (χ2n) is 4.28. The number of carboxylic acid groups (broad SMARTS) is 1. The fourth-order valence-electron chi connectivity index (χ4n) is 1.72. The van der Waals surface area contributed by atoms with Crippen molar-refractivity contribution in [3.8, 4) is 0 Å². The van der Waals surface area contributed by atoms with Crippen molar-refractivity contribution in [3.05, 3.63) is 0 Å². The standard InChI is InChI=1S/C10H18N2O4/c1-10(4-2-3-5-12-10)9(16)11-6-7(13)8(14)15/h7,12-13H,2-6H2,1H3,(H,11,16)(H,14,15)/t7-,10?/m0/s1. The molecule has 1 saturated heterocycles. The number of piperidine rings is 1. The molecular formula is C10H18N2O4. The molecule has 1 fully saturated rings. The van der Waals surface area contributed by atoms with Gasteiger partial charge in [0.05, 0.1) is 12.1 Å². The minimum absolute atomic E-state index is 0.257. The molecule has 16 heavy (non-hydrogen) atoms. The lowest BCUT2D eigenvalue weighted by molar-refractivity contribution is -0.146. The molecule has 6 nitrogen and oxygen atoms in total. The molecule has 1 unspecified atom stereocenters. The highest BCUT2D eigenvalue weighted by atomic mass is 16.4. The van der Waals surface area contributed by atoms with Gasteiger partial charge in [-0.05, 0) is 32.7 Å². The van der Waals surface area contributed by atoms with Gasteiger partial charge in [0.1, 0.15) is 0 Å². The summed E-state index contributed by atoms with van der Waals surface area (Å²) in [7, 11) is 0. The molecule has 1 heterocycles. The Morgan fingerprint density at radius 1 is 1.50 bits per heavy atom. The predicted molar refractivity (Wildman–Crippen MR) is 56.9 cm³/mol. The zero-order chi connectivity index (χ0) is 12.2. The van der Waals surface area contributed by atoms with Crippen molar-refractivity contribution in [3.63, 3.8) is 0 Å². The minimum atomic E-state index is -1.55. The number of carbonyl (C=O) groups is 2. The fourth-order valence-corrected chi connectivity index (χ4v) is 1.72. The molecule has 0 aromatic carbocycles. The van der Waals surface area contributed by atoms with Crippen LogP contribution in [0.4, 0.5) is 0 Å². The number of hydrogen-bond acceptors (Lipinski definition) is 4. The molecule has 2 atom stereocenters. The lowest BCUT2D eigenvalue weighted by atomic mass is 9.90. The van der Waals surface area contributed by atoms with E-state index in [1.807, 2.05) is 0 Å². The highest BCUT2D eigenvalue weighted by Crippen LogP contribution is 2.18. The SMILES string of the molecule is CC1(C(=O)NC[C@H](O)C(=O)O)CCCCN1. The van der Waals surface area contributed by atoms with Crippen LogP contribution in [0, 0.1) is 0 Å². The zero-order valence-corrected chi connectivity index (χ0v) is 9.32. The number of hydrogen-bond donors (Lipinski definition) is 4. The summed E-state index contributed by atoms with van der Waals surface area (Å²) in [5, 5.41) is 23.0. The average Bonchev–Trinajstić information content (AvgIpc) is 2.26. The molecule has 1 aliphatic heterocycles. The predicted octanol–water partition coefficient (Wildman–Crippen LogP) is -0.920. The molecule has 1 aliphatic rings. The number of amides is 1. The molecule has 0 spiro atoms. The first-order valence-corrected chi connectivity index (χ1v) is 5.40. The van der Waals surface area contributed by atoms with Gasteiger partial charge in [-0.15, -0.1) is 0 Å². The molecular weight excluding hydrogens is 212 g/mol. The van der Waals surface area contributed by atoms with Crippen LogP contribution < -0.4 is 10.6 Å². The number of aliphatic hydroxyl groups excluding tert-OH is 1. The van der Waals surface area contributed by atoms with Crippen molar-refractivity contribution >= 4 is 11.9 Å². The van der Waals surface area contributed by atoms with E-state index in [4.69, 9.17) is 10.2 Å². The Hall–Kier alpha value is -1.14. The first kappa shape index (κ1) is 12.9. The van der Waals surface area contributed by atoms with Crippen LogP contribution in [0.3, 0.4) is 0 Å². The summed E-state index contributed by atoms with van der Waals surface area (Å²) in [6, 6.07) is 0. The van der Waals surface area contributed by atoms with Gasteiger partial charge in [0.15, 0.2) is 6.10 Å². The summed E-state index contributed by atoms with van der Waals surface area (Å²) in [5.41, 5.74) is -0.642. The summed E-state index contributed by atoms with van der Waals surface area (Å²) in [6.45, 7) is 2.31. The van der Waals surface area contributed by atoms with Crippen LogP contribution >= 0.6 is 0 Å². The van der Waals surface area contributed by atoms with Crippen molar-refractivity contribution in [2.75, 3.05) is 13.1 Å². The van der Waals surface area contributed by atoms with Crippen LogP contribution in [-0.2, 0) is 9.59 Å². The highest BCUT2D eigenvalue weighted by Gasteiger charge is 2.34. The van der Waals surface area contributed by atoms with Crippen LogP contribution in [0.2, 0.25) is 0 Å². The second kappa shape index (κ2) is 5.27. The second-order valence-corrected chi connectivity index (χ2v) is 4.28. The summed E-state index contributed by atoms with van der Waals surface area (Å²) < 4.78 is 0. The van der Waals surface area contributed by atoms with E-state index in [0.29, 0.717) is 0 Å². The van der Waals surface area contributed by atoms with E-state index in [1.54, 1.807) is 6.92 Å². The quantitative estimate of drug-likeness (QED) is 0.500. The van der Waals surface area contributed by atoms with Gasteiger partial charge in [-0.3, -0.25) is 4.79 Å². The van der Waals surface area contributed by atoms with Gasteiger partial charge in [-0.1, -0.05) is 0 Å². The molecule has 1 rings (SSSR count). The number of aliphatic carboxylic acids is 1. The summed E-state index contributed by atoms with van der Waals surface area (Å²) >= 11 is 0. The van der Waals surface area contributed by atoms with Crippen LogP contribution in [0.15, 0.2) is 0 Å². The van der Waals surface area contributed by atoms with Gasteiger partial charge in [0.25, 0.3) is 0 Å². The van der Waals surface area contributed by atoms with E-state index in [2.05, 4.69) is 10.6 Å². The molecule has 0 bridgehead atoms. The third kappa shape index (κ3) is 3.18. The molecule has 6 heteroatoms. The molecule has 4 N–H and O–H groups in total. The zero-order valence-electron chi connectivity index (χ0n) is 9.32. The van der Waals surface area contributed by atoms with Gasteiger partial charge in [-0.25, -0.2) is 4.79 Å². The lowest BCUT2D eigenvalue weighted by Gasteiger charge is -2.33. The molecule has 0 aliphatic carbocycles. The number of carbonyl (C=O) groups excluding carboxylic acids is 1. The number of aliphatic hydroxyl groups is 1. The van der Waals surface area contributed by atoms with Gasteiger partial charge >= 0.3 is 5.97 Å². The minimum Gasteiger partial charge on any atom is -0.479 e. The average molecular weight is 230 g/mol. The van der Waals surface area contributed by atoms with E-state index in [1.165, 1.54) is 0 Å². The Labute approximate surface area is 94.0 Å². The Morgan fingerprint density at radius 2 is 2.19 bits per heavy atom. The largest absolute Gasteiger partial charge is 0.479 e. The fraction of sp³-hybridized carbons (Fsp3) is 0.800. The van der Waals surface area contributed by atoms with Crippen molar-refractivity contribution in [2.24, 2.45) is 0 Å². The van der Waals surface area contributed by atoms with E-state index >= 15 is 0 Å². The maximum absolute atomic E-state index is 11.8. The molecule has 0 aromatic heterocycles. The third-order valence-electron chi connectivity index (χ3n) is 2.86. The Morgan fingerprint density at radius 3 is 2.69 bits per heavy atom. The van der Waals surface area contributed by atoms with E-state index < -0.39 is 17.6 Å². The van der Waals surface area contributed by atoms with E-state index in [9.17, 15) is 9.59 Å². The lowest BCUT2D eigenvalue weighted by Crippen LogP contribution is -2.58. The summed E-state index contributed by atoms with van der Waals surface area (Å²) in [4.78, 5) is 22.1. The van der Waals surface area contributed by atoms with Gasteiger partial charge in [0.2, 0.25) is 5.91 Å². The Balaban J connectivity index is 2.42. The first-order chi connectivity index (χ1) is 7.46. The van der Waals surface area contributed by atoms with Crippen LogP contribution in [0.25, 0.3) is 0 Å². The van der Waals surface area contributed by atoms with Gasteiger partial charge < -0.3 is 20.8 Å². The van der Waals surface area contributed by atoms with Crippen LogP contribution in [-0.4, -0.2) is 46.8 Å². The van der Waals surface area contributed by atoms with Crippen molar-refractivity contribution in [2.45, 2.75) is 37.8 Å². The number of nitrogens with one attached hydrogen (secondary N) is 2. The Bertz CT molecular complexity index is 274. The summed E-state index contributed by atoms with van der Waals surface area (Å²) in [5.74, 6) is -1.59. The normalized spacial score (nSPS) is 27.1. The number of rotatable bonds is 4. The van der Waals surface area contributed by atoms with Crippen molar-refractivity contribution in [1.29, 1.82) is 0 Å². The van der Waals surface area contributed by atoms with Gasteiger partial charge in [-0.2, -0.15) is 0 Å². The molecule has 1 amide bonds. The Kier molecular flexibility index (Phi) is 4.26. The molecule has 0 radical (unpaired) electrons. The van der Waals surface area contributed by atoms with Gasteiger partial charge in [0, 0.05) is 0 Å². The topological polar surface area (TPSA) is 98.7 Å². The molecule has 0 aromatic rings. The molecule has 0 saturated carbocycles. The van der Waals surface area contributed by atoms with E-state index in [-0.39, 0.29) is 12.5 Å². The van der Waals surface area contributed by atoms with E-state index in [0.717, 1.165) is 25.8 Å². The van der Waals surface area contributed by atoms with Crippen molar-refractivity contribution < 1.29 is 19.8 Å². The maximum Gasteiger partial charge on any atom is 0.334 e. The molecule has 92 valence electrons. The summed E-state index contributed by atoms with van der Waals surface area (Å²) in [6.07, 6.45) is 1.19. The first-order valence-electron chi connectivity index (χ1n) is 5.40. The highest BCUT2D eigenvalue weighted by molar-refractivity contribution is 5.86. The third-order valence-corrected chi connectivity index (χ3v) is 2.86.